The fourth-order valence-corrected chi connectivity index (χ4v) is 5.68. The second kappa shape index (κ2) is 10.5. The van der Waals surface area contributed by atoms with E-state index >= 15 is 0 Å². The van der Waals surface area contributed by atoms with Crippen LogP contribution in [0.25, 0.3) is 0 Å². The van der Waals surface area contributed by atoms with Gasteiger partial charge >= 0.3 is 5.82 Å². The van der Waals surface area contributed by atoms with Crippen molar-refractivity contribution in [1.82, 2.24) is 19.8 Å². The van der Waals surface area contributed by atoms with E-state index in [2.05, 4.69) is 48.5 Å². The Balaban J connectivity index is 1.06. The molecule has 0 aliphatic carbocycles. The van der Waals surface area contributed by atoms with Gasteiger partial charge in [-0.1, -0.05) is 5.11 Å². The van der Waals surface area contributed by atoms with Crippen molar-refractivity contribution in [1.29, 1.82) is 0 Å². The highest BCUT2D eigenvalue weighted by molar-refractivity contribution is 5.50. The van der Waals surface area contributed by atoms with Crippen LogP contribution in [0, 0.1) is 5.21 Å². The average molecular weight is 509 g/mol. The molecule has 0 N–H and O–H groups in total. The Bertz CT molecular complexity index is 1090. The molecule has 0 spiro atoms. The lowest BCUT2D eigenvalue weighted by molar-refractivity contribution is -0.439. The Morgan fingerprint density at radius 3 is 1.73 bits per heavy atom. The van der Waals surface area contributed by atoms with Crippen molar-refractivity contribution in [3.63, 3.8) is 0 Å². The molecule has 0 bridgehead atoms. The zero-order valence-corrected chi connectivity index (χ0v) is 21.6. The third-order valence-corrected chi connectivity index (χ3v) is 8.11. The van der Waals surface area contributed by atoms with Crippen LogP contribution in [0.5, 0.6) is 0 Å². The van der Waals surface area contributed by atoms with E-state index in [-0.39, 0.29) is 5.82 Å². The summed E-state index contributed by atoms with van der Waals surface area (Å²) in [6.07, 6.45) is 3.57. The lowest BCUT2D eigenvalue weighted by Gasteiger charge is -2.46. The molecule has 0 unspecified atom stereocenters. The molecule has 6 heterocycles. The Hall–Kier alpha value is -2.86. The smallest absolute Gasteiger partial charge is 0.347 e. The number of azo groups is 1. The van der Waals surface area contributed by atoms with E-state index in [4.69, 9.17) is 9.47 Å². The maximum absolute atomic E-state index is 12.7. The molecule has 0 saturated carbocycles. The Morgan fingerprint density at radius 1 is 0.784 bits per heavy atom. The topological polar surface area (TPSA) is 95.6 Å². The maximum Gasteiger partial charge on any atom is 0.347 e. The normalized spacial score (nSPS) is 26.7. The van der Waals surface area contributed by atoms with Crippen LogP contribution in [0.3, 0.4) is 0 Å². The Kier molecular flexibility index (Phi) is 6.94. The Morgan fingerprint density at radius 2 is 1.32 bits per heavy atom. The highest BCUT2D eigenvalue weighted by Crippen LogP contribution is 2.26. The number of nitrogens with zero attached hydrogens (tertiary/aromatic N) is 8. The summed E-state index contributed by atoms with van der Waals surface area (Å²) in [5.74, 6) is 0.615. The van der Waals surface area contributed by atoms with Crippen molar-refractivity contribution < 1.29 is 14.3 Å². The summed E-state index contributed by atoms with van der Waals surface area (Å²) < 4.78 is 10.7. The predicted molar refractivity (Wildman–Crippen MR) is 140 cm³/mol. The summed E-state index contributed by atoms with van der Waals surface area (Å²) in [4.78, 5) is 19.1. The first kappa shape index (κ1) is 24.5. The molecule has 4 aliphatic heterocycles. The van der Waals surface area contributed by atoms with E-state index in [1.54, 1.807) is 24.5 Å². The average Bonchev–Trinajstić information content (AvgIpc) is 2.83. The molecule has 0 radical (unpaired) electrons. The molecule has 2 aromatic rings. The number of anilines is 2. The van der Waals surface area contributed by atoms with Gasteiger partial charge in [0.25, 0.3) is 0 Å². The molecule has 2 aromatic heterocycles. The van der Waals surface area contributed by atoms with E-state index in [1.807, 2.05) is 12.1 Å². The SMILES string of the molecule is C[C@H]1CN(C2COC2)CCN1c1ccc(N=[N+]([O-])c2ccc(N3CCN(C4COC4)C[C@@H]3C)cn2)nc1. The van der Waals surface area contributed by atoms with Gasteiger partial charge in [0.2, 0.25) is 0 Å². The standard InChI is InChI=1S/C26H36N8O3/c1-19-13-30(23-15-36-16-23)7-9-32(19)21-3-5-25(27-11-21)29-34(35)26-6-4-22(12-28-26)33-10-8-31(14-20(33)2)24-17-37-18-24/h3-6,11-12,19-20,23-24H,7-10,13-18H2,1-2H3/t19-,20-/m0/s1. The number of pyridine rings is 2. The molecule has 2 atom stereocenters. The maximum atomic E-state index is 12.7. The molecule has 0 aromatic carbocycles. The van der Waals surface area contributed by atoms with E-state index in [1.165, 1.54) is 0 Å². The Labute approximate surface area is 217 Å². The van der Waals surface area contributed by atoms with E-state index in [0.29, 0.717) is 34.8 Å². The number of ether oxygens (including phenoxy) is 2. The highest BCUT2D eigenvalue weighted by atomic mass is 16.5. The van der Waals surface area contributed by atoms with Gasteiger partial charge in [-0.25, -0.2) is 4.98 Å². The van der Waals surface area contributed by atoms with Gasteiger partial charge in [-0.2, -0.15) is 0 Å². The lowest BCUT2D eigenvalue weighted by atomic mass is 10.1. The molecule has 198 valence electrons. The fourth-order valence-electron chi connectivity index (χ4n) is 5.68. The summed E-state index contributed by atoms with van der Waals surface area (Å²) in [6.45, 7) is 13.8. The zero-order chi connectivity index (χ0) is 25.4. The number of hydrogen-bond donors (Lipinski definition) is 0. The number of rotatable bonds is 6. The molecule has 0 amide bonds. The van der Waals surface area contributed by atoms with E-state index < -0.39 is 0 Å². The van der Waals surface area contributed by atoms with Gasteiger partial charge in [-0.15, -0.1) is 4.86 Å². The largest absolute Gasteiger partial charge is 0.690 e. The minimum Gasteiger partial charge on any atom is -0.690 e. The summed E-state index contributed by atoms with van der Waals surface area (Å²) in [5, 5.41) is 16.8. The lowest BCUT2D eigenvalue weighted by Crippen LogP contribution is -2.59. The summed E-state index contributed by atoms with van der Waals surface area (Å²) >= 11 is 0. The zero-order valence-electron chi connectivity index (χ0n) is 21.6. The summed E-state index contributed by atoms with van der Waals surface area (Å²) in [6, 6.07) is 9.35. The summed E-state index contributed by atoms with van der Waals surface area (Å²) in [7, 11) is 0. The van der Waals surface area contributed by atoms with Crippen molar-refractivity contribution in [3.05, 3.63) is 41.9 Å². The second-order valence-corrected chi connectivity index (χ2v) is 10.6. The third kappa shape index (κ3) is 5.13. The highest BCUT2D eigenvalue weighted by Gasteiger charge is 2.33. The number of aromatic nitrogens is 2. The van der Waals surface area contributed by atoms with Crippen molar-refractivity contribution in [2.75, 3.05) is 75.5 Å². The minimum atomic E-state index is 0.247. The van der Waals surface area contributed by atoms with Crippen molar-refractivity contribution in [2.45, 2.75) is 38.0 Å². The van der Waals surface area contributed by atoms with Gasteiger partial charge in [0.05, 0.1) is 56.1 Å². The van der Waals surface area contributed by atoms with Gasteiger partial charge in [-0.3, -0.25) is 9.80 Å². The predicted octanol–water partition coefficient (Wildman–Crippen LogP) is 2.22. The van der Waals surface area contributed by atoms with Crippen LogP contribution in [0.15, 0.2) is 41.8 Å². The first-order valence-electron chi connectivity index (χ1n) is 13.3. The molecule has 4 saturated heterocycles. The van der Waals surface area contributed by atoms with Crippen molar-refractivity contribution in [3.8, 4) is 0 Å². The van der Waals surface area contributed by atoms with Gasteiger partial charge in [0.1, 0.15) is 0 Å². The van der Waals surface area contributed by atoms with Crippen LogP contribution in [0.1, 0.15) is 13.8 Å². The monoisotopic (exact) mass is 508 g/mol. The van der Waals surface area contributed by atoms with Gasteiger partial charge in [-0.05, 0) is 37.0 Å². The minimum absolute atomic E-state index is 0.247. The van der Waals surface area contributed by atoms with Crippen LogP contribution in [-0.4, -0.2) is 114 Å². The fraction of sp³-hybridized carbons (Fsp3) is 0.615. The van der Waals surface area contributed by atoms with Gasteiger partial charge < -0.3 is 24.5 Å². The summed E-state index contributed by atoms with van der Waals surface area (Å²) in [5.41, 5.74) is 2.07. The third-order valence-electron chi connectivity index (χ3n) is 8.11. The molecular weight excluding hydrogens is 472 g/mol. The van der Waals surface area contributed by atoms with Crippen LogP contribution in [0.2, 0.25) is 0 Å². The first-order chi connectivity index (χ1) is 18.0. The van der Waals surface area contributed by atoms with E-state index in [0.717, 1.165) is 77.1 Å². The molecule has 6 rings (SSSR count). The van der Waals surface area contributed by atoms with Gasteiger partial charge in [0.15, 0.2) is 12.0 Å². The first-order valence-corrected chi connectivity index (χ1v) is 13.3. The van der Waals surface area contributed by atoms with Crippen molar-refractivity contribution in [2.24, 2.45) is 5.11 Å². The van der Waals surface area contributed by atoms with Crippen LogP contribution < -0.4 is 9.80 Å². The number of hydrogen-bond acceptors (Lipinski definition) is 10. The molecule has 37 heavy (non-hydrogen) atoms. The molecular formula is C26H36N8O3. The van der Waals surface area contributed by atoms with Crippen molar-refractivity contribution >= 4 is 23.0 Å². The number of piperazine rings is 2. The van der Waals surface area contributed by atoms with Gasteiger partial charge in [0, 0.05) is 57.4 Å². The van der Waals surface area contributed by atoms with Crippen LogP contribution in [-0.2, 0) is 9.47 Å². The van der Waals surface area contributed by atoms with Crippen LogP contribution >= 0.6 is 0 Å². The molecule has 11 heteroatoms. The quantitative estimate of drug-likeness (QED) is 0.331. The van der Waals surface area contributed by atoms with E-state index in [9.17, 15) is 5.21 Å². The second-order valence-electron chi connectivity index (χ2n) is 10.6. The molecule has 4 aliphatic rings. The molecule has 4 fully saturated rings. The molecule has 11 nitrogen and oxygen atoms in total. The van der Waals surface area contributed by atoms with Crippen LogP contribution in [0.4, 0.5) is 23.0 Å².